The van der Waals surface area contributed by atoms with Gasteiger partial charge in [-0.05, 0) is 103 Å². The number of aromatic nitrogens is 4. The Hall–Kier alpha value is -5.78. The van der Waals surface area contributed by atoms with E-state index in [1.165, 1.54) is 16.7 Å². The van der Waals surface area contributed by atoms with Crippen molar-refractivity contribution in [2.24, 2.45) is 0 Å². The number of rotatable bonds is 12. The van der Waals surface area contributed by atoms with Crippen molar-refractivity contribution in [2.75, 3.05) is 0 Å². The van der Waals surface area contributed by atoms with E-state index >= 15 is 0 Å². The molecule has 0 unspecified atom stereocenters. The number of benzene rings is 5. The van der Waals surface area contributed by atoms with Gasteiger partial charge in [-0.2, -0.15) is 0 Å². The van der Waals surface area contributed by atoms with E-state index in [1.807, 2.05) is 12.5 Å². The largest absolute Gasteiger partial charge is 0.446 e. The quantitative estimate of drug-likeness (QED) is 0.105. The van der Waals surface area contributed by atoms with E-state index < -0.39 is 17.7 Å². The Kier molecular flexibility index (Phi) is 16.2. The number of nitrogens with zero attached hydrogens (tertiary/aromatic N) is 3. The minimum absolute atomic E-state index is 0.0372. The number of H-pyrrole nitrogens is 1. The minimum Gasteiger partial charge on any atom is -0.446 e. The summed E-state index contributed by atoms with van der Waals surface area (Å²) in [7, 11) is 0. The zero-order valence-electron chi connectivity index (χ0n) is 36.8. The maximum Gasteiger partial charge on any atom is 0.407 e. The van der Waals surface area contributed by atoms with Crippen molar-refractivity contribution in [3.05, 3.63) is 212 Å². The van der Waals surface area contributed by atoms with Gasteiger partial charge < -0.3 is 29.7 Å². The summed E-state index contributed by atoms with van der Waals surface area (Å²) in [6.07, 6.45) is 13.8. The molecule has 2 aliphatic rings. The molecule has 0 spiro atoms. The molecule has 10 nitrogen and oxygen atoms in total. The first-order valence-corrected chi connectivity index (χ1v) is 24.1. The maximum atomic E-state index is 12.5. The second kappa shape index (κ2) is 22.8. The third-order valence-electron chi connectivity index (χ3n) is 12.7. The van der Waals surface area contributed by atoms with Gasteiger partial charge in [0.25, 0.3) is 0 Å². The molecule has 346 valence electrons. The van der Waals surface area contributed by atoms with Crippen molar-refractivity contribution in [1.82, 2.24) is 30.2 Å². The fraction of sp³-hybridized carbons (Fsp3) is 0.283. The lowest BCUT2D eigenvalue weighted by Crippen LogP contribution is -2.37. The predicted octanol–water partition coefficient (Wildman–Crippen LogP) is 13.7. The molecule has 0 saturated heterocycles. The molecule has 0 bridgehead atoms. The van der Waals surface area contributed by atoms with Crippen LogP contribution in [0.5, 0.6) is 0 Å². The van der Waals surface area contributed by atoms with Gasteiger partial charge >= 0.3 is 12.2 Å². The third kappa shape index (κ3) is 12.0. The van der Waals surface area contributed by atoms with Gasteiger partial charge in [0.1, 0.15) is 17.7 Å². The van der Waals surface area contributed by atoms with Crippen molar-refractivity contribution in [2.45, 2.75) is 94.0 Å². The molecule has 3 N–H and O–H groups in total. The third-order valence-corrected chi connectivity index (χ3v) is 13.9. The van der Waals surface area contributed by atoms with Gasteiger partial charge in [-0.3, -0.25) is 0 Å². The summed E-state index contributed by atoms with van der Waals surface area (Å²) in [6.45, 7) is 0.603. The molecule has 2 fully saturated rings. The molecule has 0 atom stereocenters. The number of carbonyl (C=O) groups is 2. The molecule has 2 aromatic heterocycles. The second-order valence-corrected chi connectivity index (χ2v) is 18.6. The van der Waals surface area contributed by atoms with Crippen LogP contribution in [0.1, 0.15) is 102 Å². The zero-order chi connectivity index (χ0) is 46.6. The highest BCUT2D eigenvalue weighted by atomic mass is 35.5. The molecule has 0 aliphatic heterocycles. The standard InChI is InChI=1S/C36H33Cl2N3O2.C17H19Cl2N3O2/c37-31-19-16-27(33(38)22-31)23-39-35(42)43-32-20-17-26(18-21-32)34-24-41(25-40-34)36(28-10-4-1-5-11-28,29-12-6-2-7-13-29)30-14-8-3-9-15-30;18-13-4-1-12(15(19)7-13)8-21-17(23)24-14-5-2-11(3-6-14)16-9-20-10-22-16/h1-16,19,22,24-26,32H,17-18,20-21,23H2,(H,39,42);1,4,7,9-11,14H,2-3,5-6,8H2,(H,20,22)(H,21,23). The van der Waals surface area contributed by atoms with Crippen molar-refractivity contribution in [1.29, 1.82) is 0 Å². The first kappa shape index (κ1) is 47.7. The molecule has 2 amide bonds. The Balaban J connectivity index is 0.000000214. The first-order valence-electron chi connectivity index (χ1n) is 22.6. The van der Waals surface area contributed by atoms with Crippen molar-refractivity contribution < 1.29 is 19.1 Å². The van der Waals surface area contributed by atoms with Crippen LogP contribution in [0.4, 0.5) is 9.59 Å². The topological polar surface area (TPSA) is 123 Å². The van der Waals surface area contributed by atoms with Crippen LogP contribution in [0, 0.1) is 0 Å². The number of alkyl carbamates (subject to hydrolysis) is 2. The van der Waals surface area contributed by atoms with Crippen LogP contribution in [0.2, 0.25) is 20.1 Å². The second-order valence-electron chi connectivity index (χ2n) is 17.0. The molecule has 0 radical (unpaired) electrons. The number of hydrogen-bond donors (Lipinski definition) is 3. The summed E-state index contributed by atoms with van der Waals surface area (Å²) in [4.78, 5) is 36.7. The summed E-state index contributed by atoms with van der Waals surface area (Å²) >= 11 is 24.1. The van der Waals surface area contributed by atoms with Crippen LogP contribution in [0.15, 0.2) is 152 Å². The monoisotopic (exact) mass is 976 g/mol. The zero-order valence-corrected chi connectivity index (χ0v) is 39.8. The molecule has 5 aromatic carbocycles. The summed E-state index contributed by atoms with van der Waals surface area (Å²) in [5.41, 5.74) is 6.74. The molecule has 9 rings (SSSR count). The number of carbonyl (C=O) groups excluding carboxylic acids is 2. The highest BCUT2D eigenvalue weighted by Crippen LogP contribution is 2.42. The Morgan fingerprint density at radius 2 is 1.06 bits per heavy atom. The Morgan fingerprint density at radius 3 is 1.48 bits per heavy atom. The smallest absolute Gasteiger partial charge is 0.407 e. The van der Waals surface area contributed by atoms with Gasteiger partial charge in [0.15, 0.2) is 0 Å². The Morgan fingerprint density at radius 1 is 0.612 bits per heavy atom. The van der Waals surface area contributed by atoms with Gasteiger partial charge in [0.05, 0.1) is 18.3 Å². The van der Waals surface area contributed by atoms with E-state index in [9.17, 15) is 9.59 Å². The maximum absolute atomic E-state index is 12.5. The number of ether oxygens (including phenoxy) is 2. The van der Waals surface area contributed by atoms with Crippen LogP contribution in [0.25, 0.3) is 0 Å². The van der Waals surface area contributed by atoms with Gasteiger partial charge in [0.2, 0.25) is 0 Å². The van der Waals surface area contributed by atoms with E-state index in [1.54, 1.807) is 42.7 Å². The number of imidazole rings is 2. The summed E-state index contributed by atoms with van der Waals surface area (Å²) in [5.74, 6) is 0.764. The normalized spacial score (nSPS) is 18.2. The van der Waals surface area contributed by atoms with Crippen LogP contribution < -0.4 is 10.6 Å². The highest BCUT2D eigenvalue weighted by Gasteiger charge is 2.39. The lowest BCUT2D eigenvalue weighted by atomic mass is 9.76. The molecule has 14 heteroatoms. The lowest BCUT2D eigenvalue weighted by molar-refractivity contribution is 0.0702. The van der Waals surface area contributed by atoms with Crippen LogP contribution in [-0.2, 0) is 28.1 Å². The van der Waals surface area contributed by atoms with Crippen LogP contribution in [-0.4, -0.2) is 43.9 Å². The molecule has 2 saturated carbocycles. The molecular formula is C53H52Cl4N6O4. The number of amides is 2. The van der Waals surface area contributed by atoms with Gasteiger partial charge in [-0.15, -0.1) is 0 Å². The average Bonchev–Trinajstić information content (AvgIpc) is 4.08. The average molecular weight is 979 g/mol. The Labute approximate surface area is 411 Å². The summed E-state index contributed by atoms with van der Waals surface area (Å²) in [6, 6.07) is 42.3. The lowest BCUT2D eigenvalue weighted by Gasteiger charge is -2.37. The number of hydrogen-bond acceptors (Lipinski definition) is 6. The van der Waals surface area contributed by atoms with Crippen LogP contribution >= 0.6 is 46.4 Å². The Bertz CT molecular complexity index is 2570. The molecule has 2 aliphatic carbocycles. The van der Waals surface area contributed by atoms with Gasteiger partial charge in [-0.1, -0.05) is 150 Å². The first-order chi connectivity index (χ1) is 32.6. The summed E-state index contributed by atoms with van der Waals surface area (Å²) in [5, 5.41) is 7.73. The molecule has 67 heavy (non-hydrogen) atoms. The fourth-order valence-corrected chi connectivity index (χ4v) is 10.2. The van der Waals surface area contributed by atoms with E-state index in [0.717, 1.165) is 73.9 Å². The highest BCUT2D eigenvalue weighted by molar-refractivity contribution is 6.35. The van der Waals surface area contributed by atoms with E-state index in [0.29, 0.717) is 32.6 Å². The van der Waals surface area contributed by atoms with E-state index in [4.69, 9.17) is 60.9 Å². The van der Waals surface area contributed by atoms with Crippen molar-refractivity contribution >= 4 is 58.6 Å². The SMILES string of the molecule is O=C(NCc1ccc(Cl)cc1Cl)OC1CCC(c2cn(C(c3ccccc3)(c3ccccc3)c3ccccc3)cn2)CC1.O=C(NCc1ccc(Cl)cc1Cl)OC1CCC(c2cnc[nH]2)CC1. The number of halogens is 4. The number of aromatic amines is 1. The number of nitrogens with one attached hydrogen (secondary N) is 3. The molecule has 2 heterocycles. The minimum atomic E-state index is -0.583. The predicted molar refractivity (Wildman–Crippen MR) is 265 cm³/mol. The van der Waals surface area contributed by atoms with Crippen LogP contribution in [0.3, 0.4) is 0 Å². The van der Waals surface area contributed by atoms with E-state index in [2.05, 4.69) is 122 Å². The van der Waals surface area contributed by atoms with Gasteiger partial charge in [-0.25, -0.2) is 19.6 Å². The molecule has 7 aromatic rings. The molecular weight excluding hydrogens is 926 g/mol. The summed E-state index contributed by atoms with van der Waals surface area (Å²) < 4.78 is 13.5. The van der Waals surface area contributed by atoms with E-state index in [-0.39, 0.29) is 24.7 Å². The fourth-order valence-electron chi connectivity index (χ4n) is 9.23. The van der Waals surface area contributed by atoms with Crippen molar-refractivity contribution in [3.63, 3.8) is 0 Å². The van der Waals surface area contributed by atoms with Gasteiger partial charge in [0, 0.05) is 63.1 Å². The van der Waals surface area contributed by atoms with Crippen molar-refractivity contribution in [3.8, 4) is 0 Å².